The van der Waals surface area contributed by atoms with E-state index >= 15 is 0 Å². The van der Waals surface area contributed by atoms with E-state index in [1.807, 2.05) is 58.0 Å². The van der Waals surface area contributed by atoms with Gasteiger partial charge in [0.1, 0.15) is 45.9 Å². The molecule has 5 aliphatic rings. The first-order valence-corrected chi connectivity index (χ1v) is 24.2. The molecule has 5 amide bonds. The highest BCUT2D eigenvalue weighted by Gasteiger charge is 2.62. The minimum atomic E-state index is -3.90. The third-order valence-corrected chi connectivity index (χ3v) is 15.5. The number of methoxy groups -OCH3 is 1. The summed E-state index contributed by atoms with van der Waals surface area (Å²) < 4.78 is 40.7. The zero-order valence-corrected chi connectivity index (χ0v) is 37.2. The number of amides is 5. The van der Waals surface area contributed by atoms with Gasteiger partial charge in [-0.15, -0.1) is 11.3 Å². The Morgan fingerprint density at radius 2 is 1.87 bits per heavy atom. The summed E-state index contributed by atoms with van der Waals surface area (Å²) in [5, 5.41) is 8.88. The number of hydrogen-bond donors (Lipinski definition) is 3. The van der Waals surface area contributed by atoms with Crippen molar-refractivity contribution in [2.24, 2.45) is 5.92 Å². The van der Waals surface area contributed by atoms with Crippen LogP contribution in [0.3, 0.4) is 0 Å². The minimum Gasteiger partial charge on any atom is -0.496 e. The molecule has 328 valence electrons. The quantitative estimate of drug-likeness (QED) is 0.201. The van der Waals surface area contributed by atoms with Gasteiger partial charge in [-0.2, -0.15) is 0 Å². The van der Waals surface area contributed by atoms with Crippen molar-refractivity contribution in [1.82, 2.24) is 35.1 Å². The molecule has 1 saturated heterocycles. The molecule has 5 atom stereocenters. The summed E-state index contributed by atoms with van der Waals surface area (Å²) in [6, 6.07) is 3.09. The van der Waals surface area contributed by atoms with Crippen molar-refractivity contribution in [2.45, 2.75) is 139 Å². The van der Waals surface area contributed by atoms with Crippen molar-refractivity contribution >= 4 is 56.0 Å². The molecule has 3 aromatic rings. The monoisotopic (exact) mass is 875 g/mol. The van der Waals surface area contributed by atoms with Crippen molar-refractivity contribution in [3.05, 3.63) is 47.0 Å². The zero-order chi connectivity index (χ0) is 43.2. The lowest BCUT2D eigenvalue weighted by molar-refractivity contribution is -0.141. The number of aryl methyl sites for hydroxylation is 1. The number of hydrogen-bond acceptors (Lipinski definition) is 11. The number of carbonyl (C=O) groups is 4. The van der Waals surface area contributed by atoms with E-state index in [0.717, 1.165) is 47.3 Å². The smallest absolute Gasteiger partial charge is 0.318 e. The Hall–Kier alpha value is -4.77. The molecule has 0 radical (unpaired) electrons. The van der Waals surface area contributed by atoms with Gasteiger partial charge in [-0.05, 0) is 91.2 Å². The van der Waals surface area contributed by atoms with E-state index in [0.29, 0.717) is 67.3 Å². The summed E-state index contributed by atoms with van der Waals surface area (Å²) in [7, 11) is -2.30. The van der Waals surface area contributed by atoms with Gasteiger partial charge in [-0.25, -0.2) is 23.2 Å². The Labute approximate surface area is 361 Å². The van der Waals surface area contributed by atoms with Gasteiger partial charge in [0.25, 0.3) is 5.91 Å². The second-order valence-corrected chi connectivity index (χ2v) is 20.3. The van der Waals surface area contributed by atoms with Crippen LogP contribution in [0, 0.1) is 12.8 Å². The van der Waals surface area contributed by atoms with Crippen LogP contribution in [0.25, 0.3) is 21.6 Å². The molecule has 0 spiro atoms. The van der Waals surface area contributed by atoms with Gasteiger partial charge in [0.15, 0.2) is 0 Å². The van der Waals surface area contributed by atoms with Gasteiger partial charge < -0.3 is 29.9 Å². The zero-order valence-electron chi connectivity index (χ0n) is 35.6. The number of nitrogens with one attached hydrogen (secondary N) is 3. The van der Waals surface area contributed by atoms with Crippen molar-refractivity contribution in [3.63, 3.8) is 0 Å². The third kappa shape index (κ3) is 8.95. The Bertz CT molecular complexity index is 2340. The van der Waals surface area contributed by atoms with Crippen LogP contribution in [-0.2, 0) is 24.4 Å². The van der Waals surface area contributed by atoms with Crippen LogP contribution in [0.5, 0.6) is 11.5 Å². The molecule has 0 bridgehead atoms. The molecule has 3 saturated carbocycles. The minimum absolute atomic E-state index is 0.0148. The number of nitrogens with zero attached hydrogens (tertiary/aromatic N) is 4. The largest absolute Gasteiger partial charge is 0.496 e. The fourth-order valence-corrected chi connectivity index (χ4v) is 11.0. The van der Waals surface area contributed by atoms with Gasteiger partial charge in [-0.3, -0.25) is 19.1 Å². The SMILES string of the molecule is CCN(C(=O)N[C@H]1CCCCC/C=C\[C@@H]2C[C@@]2(C(=O)NS(=O)(=O)C2CC2)NC(=O)[C@@H]2C[C@@H](Oc3cc(-c4nc(C5CC5)cs4)nc4c(C)c(OC)ccc34)CN2C1=O)C(C)C. The van der Waals surface area contributed by atoms with Gasteiger partial charge in [0.05, 0.1) is 30.1 Å². The molecule has 2 aromatic heterocycles. The lowest BCUT2D eigenvalue weighted by Gasteiger charge is -2.32. The number of thiazole rings is 1. The first kappa shape index (κ1) is 42.9. The van der Waals surface area contributed by atoms with E-state index in [4.69, 9.17) is 19.4 Å². The average molecular weight is 876 g/mol. The van der Waals surface area contributed by atoms with Crippen LogP contribution in [0.2, 0.25) is 0 Å². The number of benzene rings is 1. The summed E-state index contributed by atoms with van der Waals surface area (Å²) in [4.78, 5) is 70.2. The maximum Gasteiger partial charge on any atom is 0.318 e. The molecule has 4 fully saturated rings. The van der Waals surface area contributed by atoms with Gasteiger partial charge in [0, 0.05) is 53.2 Å². The summed E-state index contributed by atoms with van der Waals surface area (Å²) in [5.74, 6) is -0.586. The van der Waals surface area contributed by atoms with Gasteiger partial charge in [-0.1, -0.05) is 25.0 Å². The van der Waals surface area contributed by atoms with Crippen LogP contribution in [0.1, 0.15) is 109 Å². The van der Waals surface area contributed by atoms with Crippen molar-refractivity contribution < 1.29 is 37.1 Å². The topological polar surface area (TPSA) is 189 Å². The van der Waals surface area contributed by atoms with Gasteiger partial charge in [0.2, 0.25) is 21.8 Å². The molecule has 2 aliphatic heterocycles. The van der Waals surface area contributed by atoms with E-state index < -0.39 is 62.6 Å². The van der Waals surface area contributed by atoms with E-state index in [2.05, 4.69) is 20.7 Å². The number of allylic oxidation sites excluding steroid dienone is 1. The number of fused-ring (bicyclic) bond motifs is 3. The third-order valence-electron chi connectivity index (χ3n) is 12.8. The van der Waals surface area contributed by atoms with Crippen LogP contribution in [0.15, 0.2) is 35.7 Å². The average Bonchev–Trinajstić information content (AvgIpc) is 4.18. The number of aromatic nitrogens is 2. The Morgan fingerprint density at radius 3 is 2.57 bits per heavy atom. The Kier molecular flexibility index (Phi) is 12.1. The van der Waals surface area contributed by atoms with E-state index in [1.165, 1.54) is 16.2 Å². The van der Waals surface area contributed by atoms with Crippen LogP contribution < -0.4 is 24.8 Å². The molecule has 61 heavy (non-hydrogen) atoms. The number of urea groups is 1. The number of ether oxygens (including phenoxy) is 2. The standard InChI is InChI=1S/C44H57N7O8S2/c1-6-50(25(2)3)43(55)47-32-13-11-9-7-8-10-12-28-22-44(28,42(54)49-61(56,57)30-16-17-30)48-39(52)35-20-29(23-51(35)41(32)53)59-37-21-33(40-46-34(24-60-40)27-14-15-27)45-38-26(4)36(58-5)19-18-31(37)38/h10,12,18-19,21,24-25,27-30,32,35H,6-9,11,13-17,20,22-23H2,1-5H3,(H,47,55)(H,48,52)(H,49,54)/b12-10-/t28-,29-,32+,35+,44-/m1/s1. The maximum absolute atomic E-state index is 14.9. The van der Waals surface area contributed by atoms with Gasteiger partial charge >= 0.3 is 6.03 Å². The van der Waals surface area contributed by atoms with Crippen molar-refractivity contribution in [3.8, 4) is 22.2 Å². The summed E-state index contributed by atoms with van der Waals surface area (Å²) in [6.45, 7) is 8.10. The predicted octanol–water partition coefficient (Wildman–Crippen LogP) is 5.71. The van der Waals surface area contributed by atoms with E-state index in [1.54, 1.807) is 12.0 Å². The van der Waals surface area contributed by atoms with Crippen molar-refractivity contribution in [2.75, 3.05) is 20.2 Å². The predicted molar refractivity (Wildman–Crippen MR) is 232 cm³/mol. The second kappa shape index (κ2) is 17.2. The first-order chi connectivity index (χ1) is 29.2. The molecule has 8 rings (SSSR count). The molecule has 1 aromatic carbocycles. The summed E-state index contributed by atoms with van der Waals surface area (Å²) >= 11 is 1.53. The highest BCUT2D eigenvalue weighted by molar-refractivity contribution is 7.91. The number of carbonyl (C=O) groups excluding carboxylic acids is 4. The van der Waals surface area contributed by atoms with Crippen LogP contribution in [0.4, 0.5) is 4.79 Å². The normalized spacial score (nSPS) is 26.4. The lowest BCUT2D eigenvalue weighted by Crippen LogP contribution is -2.59. The van der Waals surface area contributed by atoms with Crippen LogP contribution >= 0.6 is 11.3 Å². The number of sulfonamides is 1. The van der Waals surface area contributed by atoms with E-state index in [-0.39, 0.29) is 31.5 Å². The van der Waals surface area contributed by atoms with Crippen LogP contribution in [-0.4, -0.2) is 107 Å². The first-order valence-electron chi connectivity index (χ1n) is 21.8. The molecule has 17 heteroatoms. The highest BCUT2D eigenvalue weighted by Crippen LogP contribution is 2.47. The maximum atomic E-state index is 14.9. The molecule has 3 aliphatic carbocycles. The van der Waals surface area contributed by atoms with E-state index in [9.17, 15) is 27.6 Å². The second-order valence-electron chi connectivity index (χ2n) is 17.5. The fraction of sp³-hybridized carbons (Fsp3) is 0.591. The number of rotatable bonds is 11. The summed E-state index contributed by atoms with van der Waals surface area (Å²) in [5.41, 5.74) is 1.68. The highest BCUT2D eigenvalue weighted by atomic mass is 32.2. The Morgan fingerprint density at radius 1 is 1.08 bits per heavy atom. The molecule has 0 unspecified atom stereocenters. The summed E-state index contributed by atoms with van der Waals surface area (Å²) in [6.07, 6.45) is 9.98. The molecular formula is C44H57N7O8S2. The molecular weight excluding hydrogens is 819 g/mol. The molecule has 15 nitrogen and oxygen atoms in total. The molecule has 3 N–H and O–H groups in total. The van der Waals surface area contributed by atoms with Crippen molar-refractivity contribution in [1.29, 1.82) is 0 Å². The Balaban J connectivity index is 1.14. The fourth-order valence-electron chi connectivity index (χ4n) is 8.78. The number of pyridine rings is 1. The lowest BCUT2D eigenvalue weighted by atomic mass is 10.0. The molecule has 4 heterocycles.